The van der Waals surface area contributed by atoms with Crippen molar-refractivity contribution >= 4 is 15.9 Å². The Bertz CT molecular complexity index is 363. The third-order valence-electron chi connectivity index (χ3n) is 3.68. The van der Waals surface area contributed by atoms with E-state index in [9.17, 15) is 0 Å². The molecule has 18 heavy (non-hydrogen) atoms. The van der Waals surface area contributed by atoms with Crippen LogP contribution in [0.1, 0.15) is 32.8 Å². The first-order chi connectivity index (χ1) is 8.55. The van der Waals surface area contributed by atoms with Crippen molar-refractivity contribution in [1.29, 1.82) is 0 Å². The van der Waals surface area contributed by atoms with Gasteiger partial charge in [0, 0.05) is 17.6 Å². The van der Waals surface area contributed by atoms with E-state index in [2.05, 4.69) is 66.3 Å². The number of likely N-dealkylation sites (N-methyl/N-ethyl adjacent to an activating group) is 1. The summed E-state index contributed by atoms with van der Waals surface area (Å²) in [5, 5.41) is 3.55. The number of halogens is 1. The first-order valence-electron chi connectivity index (χ1n) is 6.58. The summed E-state index contributed by atoms with van der Waals surface area (Å²) in [5.41, 5.74) is 1.20. The van der Waals surface area contributed by atoms with Crippen LogP contribution in [0.4, 0.5) is 0 Å². The fourth-order valence-corrected chi connectivity index (χ4v) is 2.63. The summed E-state index contributed by atoms with van der Waals surface area (Å²) in [6, 6.07) is 8.81. The Labute approximate surface area is 119 Å². The maximum atomic E-state index is 5.73. The van der Waals surface area contributed by atoms with E-state index in [0.29, 0.717) is 6.04 Å². The van der Waals surface area contributed by atoms with Crippen molar-refractivity contribution in [2.45, 2.75) is 45.3 Å². The van der Waals surface area contributed by atoms with Crippen LogP contribution in [0, 0.1) is 0 Å². The first-order valence-corrected chi connectivity index (χ1v) is 7.38. The lowest BCUT2D eigenvalue weighted by atomic mass is 9.88. The molecule has 2 nitrogen and oxygen atoms in total. The van der Waals surface area contributed by atoms with E-state index >= 15 is 0 Å². The van der Waals surface area contributed by atoms with Crippen molar-refractivity contribution in [3.05, 3.63) is 34.3 Å². The molecule has 0 aromatic heterocycles. The monoisotopic (exact) mass is 313 g/mol. The zero-order chi connectivity index (χ0) is 13.6. The zero-order valence-corrected chi connectivity index (χ0v) is 13.4. The minimum Gasteiger partial charge on any atom is -0.377 e. The van der Waals surface area contributed by atoms with Crippen molar-refractivity contribution in [3.63, 3.8) is 0 Å². The van der Waals surface area contributed by atoms with Crippen LogP contribution in [-0.4, -0.2) is 25.3 Å². The summed E-state index contributed by atoms with van der Waals surface area (Å²) in [5.74, 6) is 0. The fourth-order valence-electron chi connectivity index (χ4n) is 2.18. The molecule has 0 fully saturated rings. The van der Waals surface area contributed by atoms with Crippen molar-refractivity contribution in [2.75, 3.05) is 13.7 Å². The van der Waals surface area contributed by atoms with Crippen molar-refractivity contribution < 1.29 is 4.74 Å². The molecule has 2 unspecified atom stereocenters. The third-order valence-corrected chi connectivity index (χ3v) is 4.18. The Kier molecular flexibility index (Phi) is 6.33. The van der Waals surface area contributed by atoms with E-state index in [-0.39, 0.29) is 5.60 Å². The van der Waals surface area contributed by atoms with Gasteiger partial charge in [0.25, 0.3) is 0 Å². The maximum Gasteiger partial charge on any atom is 0.0803 e. The van der Waals surface area contributed by atoms with Crippen LogP contribution >= 0.6 is 15.9 Å². The minimum absolute atomic E-state index is 0.127. The smallest absolute Gasteiger partial charge is 0.0803 e. The molecule has 3 heteroatoms. The second-order valence-electron chi connectivity index (χ2n) is 4.81. The Hall–Kier alpha value is -0.380. The quantitative estimate of drug-likeness (QED) is 0.827. The normalized spacial score (nSPS) is 16.3. The molecule has 0 heterocycles. The van der Waals surface area contributed by atoms with Gasteiger partial charge in [0.05, 0.1) is 5.60 Å². The van der Waals surface area contributed by atoms with Crippen LogP contribution < -0.4 is 5.32 Å². The SMILES string of the molecule is CCNC(Cc1cccc(Br)c1)C(C)(CC)OC. The molecule has 1 rings (SSSR count). The Morgan fingerprint density at radius 3 is 2.61 bits per heavy atom. The van der Waals surface area contributed by atoms with E-state index in [0.717, 1.165) is 23.9 Å². The predicted octanol–water partition coefficient (Wildman–Crippen LogP) is 3.78. The average molecular weight is 314 g/mol. The highest BCUT2D eigenvalue weighted by Crippen LogP contribution is 2.23. The lowest BCUT2D eigenvalue weighted by molar-refractivity contribution is -0.0283. The minimum atomic E-state index is -0.127. The molecule has 1 aromatic rings. The molecule has 0 aliphatic carbocycles. The summed E-state index contributed by atoms with van der Waals surface area (Å²) in [4.78, 5) is 0. The zero-order valence-electron chi connectivity index (χ0n) is 11.8. The molecule has 0 aliphatic rings. The van der Waals surface area contributed by atoms with Gasteiger partial charge in [0.1, 0.15) is 0 Å². The van der Waals surface area contributed by atoms with E-state index in [4.69, 9.17) is 4.74 Å². The van der Waals surface area contributed by atoms with Gasteiger partial charge in [-0.3, -0.25) is 0 Å². The molecule has 2 atom stereocenters. The lowest BCUT2D eigenvalue weighted by Gasteiger charge is -2.36. The van der Waals surface area contributed by atoms with Crippen molar-refractivity contribution in [3.8, 4) is 0 Å². The van der Waals surface area contributed by atoms with Crippen LogP contribution in [0.3, 0.4) is 0 Å². The predicted molar refractivity (Wildman–Crippen MR) is 81.0 cm³/mol. The van der Waals surface area contributed by atoms with E-state index < -0.39 is 0 Å². The fraction of sp³-hybridized carbons (Fsp3) is 0.600. The summed E-state index contributed by atoms with van der Waals surface area (Å²) < 4.78 is 6.86. The van der Waals surface area contributed by atoms with Gasteiger partial charge in [-0.1, -0.05) is 41.9 Å². The molecule has 0 spiro atoms. The summed E-state index contributed by atoms with van der Waals surface area (Å²) in [6.07, 6.45) is 1.97. The van der Waals surface area contributed by atoms with Gasteiger partial charge in [-0.15, -0.1) is 0 Å². The molecule has 0 saturated carbocycles. The third kappa shape index (κ3) is 4.08. The molecule has 0 aliphatic heterocycles. The Morgan fingerprint density at radius 2 is 2.11 bits per heavy atom. The van der Waals surface area contributed by atoms with Gasteiger partial charge in [-0.2, -0.15) is 0 Å². The summed E-state index contributed by atoms with van der Waals surface area (Å²) >= 11 is 3.52. The number of ether oxygens (including phenoxy) is 1. The number of nitrogens with one attached hydrogen (secondary N) is 1. The van der Waals surface area contributed by atoms with Crippen LogP contribution in [0.5, 0.6) is 0 Å². The van der Waals surface area contributed by atoms with Crippen molar-refractivity contribution in [1.82, 2.24) is 5.32 Å². The molecule has 0 amide bonds. The highest BCUT2D eigenvalue weighted by molar-refractivity contribution is 9.10. The van der Waals surface area contributed by atoms with Crippen molar-refractivity contribution in [2.24, 2.45) is 0 Å². The molecule has 0 saturated heterocycles. The van der Waals surface area contributed by atoms with E-state index in [1.165, 1.54) is 5.56 Å². The van der Waals surface area contributed by atoms with Gasteiger partial charge < -0.3 is 10.1 Å². The number of hydrogen-bond donors (Lipinski definition) is 1. The number of rotatable bonds is 7. The summed E-state index contributed by atoms with van der Waals surface area (Å²) in [6.45, 7) is 7.45. The molecule has 1 N–H and O–H groups in total. The van der Waals surface area contributed by atoms with Gasteiger partial charge in [-0.05, 0) is 44.0 Å². The molecule has 0 radical (unpaired) electrons. The second kappa shape index (κ2) is 7.27. The Morgan fingerprint density at radius 1 is 1.39 bits per heavy atom. The van der Waals surface area contributed by atoms with Crippen LogP contribution in [0.15, 0.2) is 28.7 Å². The number of benzene rings is 1. The van der Waals surface area contributed by atoms with Crippen LogP contribution in [-0.2, 0) is 11.2 Å². The standard InChI is InChI=1S/C15H24BrNO/c1-5-15(3,18-4)14(17-6-2)11-12-8-7-9-13(16)10-12/h7-10,14,17H,5-6,11H2,1-4H3. The van der Waals surface area contributed by atoms with E-state index in [1.807, 2.05) is 0 Å². The molecular weight excluding hydrogens is 290 g/mol. The molecule has 102 valence electrons. The number of methoxy groups -OCH3 is 1. The van der Waals surface area contributed by atoms with E-state index in [1.54, 1.807) is 7.11 Å². The first kappa shape index (κ1) is 15.7. The number of hydrogen-bond acceptors (Lipinski definition) is 2. The average Bonchev–Trinajstić information content (AvgIpc) is 2.37. The van der Waals surface area contributed by atoms with Gasteiger partial charge in [0.15, 0.2) is 0 Å². The highest BCUT2D eigenvalue weighted by Gasteiger charge is 2.31. The summed E-state index contributed by atoms with van der Waals surface area (Å²) in [7, 11) is 1.80. The molecule has 1 aromatic carbocycles. The largest absolute Gasteiger partial charge is 0.377 e. The highest BCUT2D eigenvalue weighted by atomic mass is 79.9. The van der Waals surface area contributed by atoms with Gasteiger partial charge in [-0.25, -0.2) is 0 Å². The maximum absolute atomic E-state index is 5.73. The van der Waals surface area contributed by atoms with Gasteiger partial charge in [0.2, 0.25) is 0 Å². The van der Waals surface area contributed by atoms with Gasteiger partial charge >= 0.3 is 0 Å². The van der Waals surface area contributed by atoms with Crippen LogP contribution in [0.2, 0.25) is 0 Å². The topological polar surface area (TPSA) is 21.3 Å². The Balaban J connectivity index is 2.86. The lowest BCUT2D eigenvalue weighted by Crippen LogP contribution is -2.51. The molecular formula is C15H24BrNO. The second-order valence-corrected chi connectivity index (χ2v) is 5.73. The molecule has 0 bridgehead atoms. The van der Waals surface area contributed by atoms with Crippen LogP contribution in [0.25, 0.3) is 0 Å².